The molecule has 2 atom stereocenters. The predicted octanol–water partition coefficient (Wildman–Crippen LogP) is 14.5. The molecule has 0 radical (unpaired) electrons. The number of allylic oxidation sites excluding steroid dienone is 8. The minimum Gasteiger partial charge on any atom is -0.462 e. The molecule has 0 aliphatic heterocycles. The van der Waals surface area contributed by atoms with Crippen LogP contribution in [0.1, 0.15) is 219 Å². The van der Waals surface area contributed by atoms with Crippen LogP contribution in [0, 0.1) is 0 Å². The number of esters is 2. The van der Waals surface area contributed by atoms with Gasteiger partial charge in [-0.15, -0.1) is 0 Å². The predicted molar refractivity (Wildman–Crippen MR) is 252 cm³/mol. The number of likely N-dealkylation sites (N-methyl/N-ethyl adjacent to an activating group) is 1. The lowest BCUT2D eigenvalue weighted by Crippen LogP contribution is -2.29. The van der Waals surface area contributed by atoms with Gasteiger partial charge in [0.1, 0.15) is 6.61 Å². The number of carbonyl (C=O) groups is 2. The molecule has 0 spiro atoms. The molecule has 0 aromatic rings. The van der Waals surface area contributed by atoms with Crippen LogP contribution in [0.15, 0.2) is 48.6 Å². The van der Waals surface area contributed by atoms with Gasteiger partial charge in [0.15, 0.2) is 6.10 Å². The lowest BCUT2D eigenvalue weighted by Gasteiger charge is -2.20. The van der Waals surface area contributed by atoms with E-state index in [1.807, 2.05) is 0 Å². The van der Waals surface area contributed by atoms with Gasteiger partial charge in [-0.25, -0.2) is 4.57 Å². The third kappa shape index (κ3) is 45.5. The van der Waals surface area contributed by atoms with E-state index in [4.69, 9.17) is 18.5 Å². The lowest BCUT2D eigenvalue weighted by atomic mass is 10.0. The molecule has 0 fully saturated rings. The van der Waals surface area contributed by atoms with E-state index in [0.29, 0.717) is 13.0 Å². The van der Waals surface area contributed by atoms with E-state index in [9.17, 15) is 19.0 Å². The molecule has 0 bridgehead atoms. The summed E-state index contributed by atoms with van der Waals surface area (Å²) in [6, 6.07) is 0. The second-order valence-corrected chi connectivity index (χ2v) is 17.7. The molecular weight excluding hydrogens is 774 g/mol. The summed E-state index contributed by atoms with van der Waals surface area (Å²) < 4.78 is 33.2. The van der Waals surface area contributed by atoms with Gasteiger partial charge in [-0.3, -0.25) is 18.6 Å². The number of carbonyl (C=O) groups excluding carboxylic acids is 2. The van der Waals surface area contributed by atoms with Crippen LogP contribution in [0.5, 0.6) is 0 Å². The minimum absolute atomic E-state index is 0.0267. The summed E-state index contributed by atoms with van der Waals surface area (Å²) in [6.07, 6.45) is 53.1. The van der Waals surface area contributed by atoms with Crippen molar-refractivity contribution in [3.63, 3.8) is 0 Å². The van der Waals surface area contributed by atoms with Crippen molar-refractivity contribution < 1.29 is 37.6 Å². The number of hydrogen-bond donors (Lipinski definition) is 2. The van der Waals surface area contributed by atoms with Gasteiger partial charge in [0.25, 0.3) is 0 Å². The van der Waals surface area contributed by atoms with Crippen molar-refractivity contribution in [1.29, 1.82) is 0 Å². The molecule has 0 aromatic heterocycles. The second kappa shape index (κ2) is 46.5. The van der Waals surface area contributed by atoms with E-state index in [-0.39, 0.29) is 32.0 Å². The van der Waals surface area contributed by atoms with Crippen molar-refractivity contribution in [2.24, 2.45) is 0 Å². The second-order valence-electron chi connectivity index (χ2n) is 16.3. The van der Waals surface area contributed by atoms with Gasteiger partial charge in [-0.05, 0) is 77.7 Å². The highest BCUT2D eigenvalue weighted by atomic mass is 31.2. The van der Waals surface area contributed by atoms with Crippen LogP contribution in [-0.2, 0) is 32.7 Å². The maximum atomic E-state index is 12.6. The van der Waals surface area contributed by atoms with Crippen LogP contribution >= 0.6 is 7.82 Å². The van der Waals surface area contributed by atoms with Gasteiger partial charge in [0, 0.05) is 19.4 Å². The molecule has 60 heavy (non-hydrogen) atoms. The fourth-order valence-corrected chi connectivity index (χ4v) is 7.43. The van der Waals surface area contributed by atoms with Crippen LogP contribution in [0.25, 0.3) is 0 Å². The Kier molecular flexibility index (Phi) is 44.9. The molecule has 0 rings (SSSR count). The third-order valence-corrected chi connectivity index (χ3v) is 11.4. The maximum Gasteiger partial charge on any atom is 0.472 e. The molecule has 0 amide bonds. The number of hydrogen-bond acceptors (Lipinski definition) is 8. The zero-order chi connectivity index (χ0) is 43.9. The monoisotopic (exact) mass is 866 g/mol. The Bertz CT molecular complexity index is 1120. The molecule has 2 unspecified atom stereocenters. The quantitative estimate of drug-likeness (QED) is 0.0267. The zero-order valence-electron chi connectivity index (χ0n) is 38.9. The number of phosphoric ester groups is 1. The van der Waals surface area contributed by atoms with E-state index in [1.54, 1.807) is 7.05 Å². The summed E-state index contributed by atoms with van der Waals surface area (Å²) >= 11 is 0. The summed E-state index contributed by atoms with van der Waals surface area (Å²) in [7, 11) is -2.67. The molecule has 0 heterocycles. The molecule has 2 N–H and O–H groups in total. The van der Waals surface area contributed by atoms with E-state index >= 15 is 0 Å². The summed E-state index contributed by atoms with van der Waals surface area (Å²) in [5.41, 5.74) is 0. The van der Waals surface area contributed by atoms with Crippen molar-refractivity contribution in [2.75, 3.05) is 33.4 Å². The smallest absolute Gasteiger partial charge is 0.462 e. The molecule has 0 saturated carbocycles. The number of unbranched alkanes of at least 4 members (excludes halogenated alkanes) is 24. The normalized spacial score (nSPS) is 13.6. The van der Waals surface area contributed by atoms with Crippen molar-refractivity contribution in [3.05, 3.63) is 48.6 Å². The average Bonchev–Trinajstić information content (AvgIpc) is 3.23. The number of ether oxygens (including phenoxy) is 2. The molecule has 0 saturated heterocycles. The standard InChI is InChI=1S/C50H92NO8P/c1-4-6-8-10-12-14-16-18-20-22-23-24-25-27-28-30-32-34-36-38-40-42-49(52)56-46-48(47-58-60(54,55)57-45-44-51-3)59-50(53)43-41-39-37-35-33-31-29-26-21-19-17-15-13-11-9-7-5-2/h18-21,29,31,35,37,48,51H,4-17,22-28,30,32-34,36,38-47H2,1-3H3,(H,54,55)/b20-18-,21-19-,31-29-,37-35-. The Labute approximate surface area is 369 Å². The SMILES string of the molecule is CCCCCCCC/C=C\C/C=C\C/C=C\CCCC(=O)OC(COC(=O)CCCCCCCCCCCCC/C=C\CCCCCCCC)COP(=O)(O)OCCNC. The minimum atomic E-state index is -4.37. The zero-order valence-corrected chi connectivity index (χ0v) is 39.8. The summed E-state index contributed by atoms with van der Waals surface area (Å²) in [6.45, 7) is 4.17. The molecule has 9 nitrogen and oxygen atoms in total. The van der Waals surface area contributed by atoms with E-state index in [1.165, 1.54) is 141 Å². The number of rotatable bonds is 46. The van der Waals surface area contributed by atoms with Crippen LogP contribution < -0.4 is 5.32 Å². The Balaban J connectivity index is 4.19. The van der Waals surface area contributed by atoms with Crippen LogP contribution in [0.2, 0.25) is 0 Å². The van der Waals surface area contributed by atoms with E-state index in [2.05, 4.69) is 67.8 Å². The topological polar surface area (TPSA) is 120 Å². The molecule has 0 aliphatic rings. The first kappa shape index (κ1) is 58.0. The van der Waals surface area contributed by atoms with Gasteiger partial charge in [0.05, 0.1) is 13.2 Å². The van der Waals surface area contributed by atoms with Crippen molar-refractivity contribution in [1.82, 2.24) is 5.32 Å². The van der Waals surface area contributed by atoms with Gasteiger partial charge >= 0.3 is 19.8 Å². The molecule has 0 aliphatic carbocycles. The lowest BCUT2D eigenvalue weighted by molar-refractivity contribution is -0.161. The van der Waals surface area contributed by atoms with Gasteiger partial charge < -0.3 is 19.7 Å². The van der Waals surface area contributed by atoms with Crippen molar-refractivity contribution in [3.8, 4) is 0 Å². The van der Waals surface area contributed by atoms with Gasteiger partial charge in [-0.1, -0.05) is 184 Å². The first-order valence-corrected chi connectivity index (χ1v) is 26.1. The van der Waals surface area contributed by atoms with Gasteiger partial charge in [0.2, 0.25) is 0 Å². The highest BCUT2D eigenvalue weighted by Crippen LogP contribution is 2.43. The fourth-order valence-electron chi connectivity index (χ4n) is 6.68. The first-order chi connectivity index (χ1) is 29.3. The molecular formula is C50H92NO8P. The summed E-state index contributed by atoms with van der Waals surface area (Å²) in [4.78, 5) is 35.2. The molecule has 0 aromatic carbocycles. The Morgan fingerprint density at radius 2 is 0.917 bits per heavy atom. The molecule has 350 valence electrons. The Morgan fingerprint density at radius 3 is 1.40 bits per heavy atom. The van der Waals surface area contributed by atoms with Crippen LogP contribution in [0.4, 0.5) is 0 Å². The maximum absolute atomic E-state index is 12.6. The van der Waals surface area contributed by atoms with Crippen molar-refractivity contribution in [2.45, 2.75) is 225 Å². The fraction of sp³-hybridized carbons (Fsp3) is 0.800. The van der Waals surface area contributed by atoms with Crippen LogP contribution in [-0.4, -0.2) is 56.3 Å². The highest BCUT2D eigenvalue weighted by Gasteiger charge is 2.26. The van der Waals surface area contributed by atoms with Crippen molar-refractivity contribution >= 4 is 19.8 Å². The number of nitrogens with one attached hydrogen (secondary N) is 1. The largest absolute Gasteiger partial charge is 0.472 e. The Morgan fingerprint density at radius 1 is 0.517 bits per heavy atom. The van der Waals surface area contributed by atoms with E-state index < -0.39 is 26.5 Å². The molecule has 10 heteroatoms. The number of phosphoric acid groups is 1. The summed E-state index contributed by atoms with van der Waals surface area (Å²) in [5, 5.41) is 2.82. The highest BCUT2D eigenvalue weighted by molar-refractivity contribution is 7.47. The first-order valence-electron chi connectivity index (χ1n) is 24.6. The third-order valence-electron chi connectivity index (χ3n) is 10.4. The average molecular weight is 866 g/mol. The summed E-state index contributed by atoms with van der Waals surface area (Å²) in [5.74, 6) is -0.864. The van der Waals surface area contributed by atoms with Gasteiger partial charge in [-0.2, -0.15) is 0 Å². The Hall–Kier alpha value is -2.03. The van der Waals surface area contributed by atoms with E-state index in [0.717, 1.165) is 44.9 Å². The van der Waals surface area contributed by atoms with Crippen LogP contribution in [0.3, 0.4) is 0 Å².